The first-order valence-electron chi connectivity index (χ1n) is 6.37. The third-order valence-electron chi connectivity index (χ3n) is 3.05. The van der Waals surface area contributed by atoms with Gasteiger partial charge >= 0.3 is 0 Å². The molecule has 0 aliphatic carbocycles. The van der Waals surface area contributed by atoms with E-state index in [9.17, 15) is 5.11 Å². The molecule has 0 saturated carbocycles. The third-order valence-corrected chi connectivity index (χ3v) is 3.05. The maximum atomic E-state index is 10.1. The number of rotatable bonds is 7. The Bertz CT molecular complexity index is 452. The van der Waals surface area contributed by atoms with Gasteiger partial charge in [-0.05, 0) is 18.6 Å². The summed E-state index contributed by atoms with van der Waals surface area (Å²) < 4.78 is 11.0. The first kappa shape index (κ1) is 15.3. The molecule has 2 unspecified atom stereocenters. The molecule has 2 atom stereocenters. The Morgan fingerprint density at radius 1 is 1.32 bits per heavy atom. The van der Waals surface area contributed by atoms with Crippen molar-refractivity contribution in [3.05, 3.63) is 48.6 Å². The van der Waals surface area contributed by atoms with E-state index in [-0.39, 0.29) is 5.92 Å². The number of aliphatic hydroxyl groups excluding tert-OH is 1. The summed E-state index contributed by atoms with van der Waals surface area (Å²) in [6, 6.07) is 3.63. The fourth-order valence-corrected chi connectivity index (χ4v) is 2.02. The average molecular weight is 262 g/mol. The van der Waals surface area contributed by atoms with Crippen LogP contribution in [-0.2, 0) is 0 Å². The number of hydrogen-bond acceptors (Lipinski definition) is 3. The molecule has 0 radical (unpaired) electrons. The Hall–Kier alpha value is -1.74. The van der Waals surface area contributed by atoms with Gasteiger partial charge in [0.1, 0.15) is 0 Å². The fourth-order valence-electron chi connectivity index (χ4n) is 2.02. The van der Waals surface area contributed by atoms with Crippen molar-refractivity contribution in [1.82, 2.24) is 0 Å². The zero-order chi connectivity index (χ0) is 14.4. The number of methoxy groups -OCH3 is 1. The summed E-state index contributed by atoms with van der Waals surface area (Å²) in [5.41, 5.74) is 1.66. The molecule has 0 heterocycles. The summed E-state index contributed by atoms with van der Waals surface area (Å²) in [7, 11) is 1.60. The van der Waals surface area contributed by atoms with Crippen LogP contribution in [0.3, 0.4) is 0 Å². The highest BCUT2D eigenvalue weighted by molar-refractivity contribution is 5.54. The van der Waals surface area contributed by atoms with Gasteiger partial charge in [-0.3, -0.25) is 0 Å². The number of hydrogen-bond donors (Lipinski definition) is 1. The van der Waals surface area contributed by atoms with Gasteiger partial charge in [0.25, 0.3) is 0 Å². The lowest BCUT2D eigenvalue weighted by Crippen LogP contribution is -2.07. The zero-order valence-corrected chi connectivity index (χ0v) is 11.8. The molecule has 3 heteroatoms. The molecular formula is C16H22O3. The molecule has 0 aliphatic heterocycles. The lowest BCUT2D eigenvalue weighted by molar-refractivity contribution is 0.225. The van der Waals surface area contributed by atoms with Crippen LogP contribution < -0.4 is 9.47 Å². The molecule has 0 amide bonds. The third kappa shape index (κ3) is 3.18. The molecule has 19 heavy (non-hydrogen) atoms. The highest BCUT2D eigenvalue weighted by Gasteiger charge is 2.21. The van der Waals surface area contributed by atoms with Crippen molar-refractivity contribution in [3.8, 4) is 11.5 Å². The van der Waals surface area contributed by atoms with Gasteiger partial charge in [-0.15, -0.1) is 13.2 Å². The van der Waals surface area contributed by atoms with E-state index in [0.717, 1.165) is 11.1 Å². The minimum absolute atomic E-state index is 0.0428. The normalized spacial score (nSPS) is 13.5. The summed E-state index contributed by atoms with van der Waals surface area (Å²) in [6.07, 6.45) is 2.58. The predicted octanol–water partition coefficient (Wildman–Crippen LogP) is 3.60. The van der Waals surface area contributed by atoms with E-state index in [1.807, 2.05) is 26.0 Å². The Labute approximate surface area is 115 Å². The molecule has 1 rings (SSSR count). The van der Waals surface area contributed by atoms with Gasteiger partial charge in [-0.1, -0.05) is 25.1 Å². The van der Waals surface area contributed by atoms with Crippen molar-refractivity contribution < 1.29 is 14.6 Å². The van der Waals surface area contributed by atoms with Crippen LogP contribution in [0.5, 0.6) is 11.5 Å². The van der Waals surface area contributed by atoms with Gasteiger partial charge in [0.15, 0.2) is 11.5 Å². The van der Waals surface area contributed by atoms with Gasteiger partial charge in [0, 0.05) is 11.5 Å². The van der Waals surface area contributed by atoms with Crippen LogP contribution in [0.1, 0.15) is 37.0 Å². The van der Waals surface area contributed by atoms with Crippen molar-refractivity contribution in [2.45, 2.75) is 25.9 Å². The average Bonchev–Trinajstić information content (AvgIpc) is 2.45. The molecule has 1 aromatic carbocycles. The van der Waals surface area contributed by atoms with Crippen LogP contribution in [0.15, 0.2) is 37.4 Å². The number of benzene rings is 1. The van der Waals surface area contributed by atoms with E-state index in [1.165, 1.54) is 6.08 Å². The lowest BCUT2D eigenvalue weighted by Gasteiger charge is -2.22. The van der Waals surface area contributed by atoms with Crippen LogP contribution in [0.4, 0.5) is 0 Å². The summed E-state index contributed by atoms with van der Waals surface area (Å²) >= 11 is 0. The molecular weight excluding hydrogens is 240 g/mol. The van der Waals surface area contributed by atoms with E-state index < -0.39 is 6.10 Å². The largest absolute Gasteiger partial charge is 0.493 e. The van der Waals surface area contributed by atoms with Gasteiger partial charge in [0.05, 0.1) is 19.8 Å². The molecule has 0 spiro atoms. The van der Waals surface area contributed by atoms with Crippen LogP contribution >= 0.6 is 0 Å². The van der Waals surface area contributed by atoms with E-state index in [1.54, 1.807) is 13.2 Å². The molecule has 0 aromatic heterocycles. The van der Waals surface area contributed by atoms with Crippen LogP contribution in [0, 0.1) is 0 Å². The quantitative estimate of drug-likeness (QED) is 0.763. The minimum Gasteiger partial charge on any atom is -0.493 e. The SMILES string of the molecule is C=CC(C)c1c(C(O)C=C)ccc(OC)c1OCC. The Morgan fingerprint density at radius 2 is 2.00 bits per heavy atom. The molecule has 3 nitrogen and oxygen atoms in total. The van der Waals surface area contributed by atoms with Crippen LogP contribution in [-0.4, -0.2) is 18.8 Å². The number of allylic oxidation sites excluding steroid dienone is 1. The maximum Gasteiger partial charge on any atom is 0.165 e. The monoisotopic (exact) mass is 262 g/mol. The van der Waals surface area contributed by atoms with Crippen LogP contribution in [0.2, 0.25) is 0 Å². The first-order chi connectivity index (χ1) is 9.10. The summed E-state index contributed by atoms with van der Waals surface area (Å²) in [5.74, 6) is 1.36. The summed E-state index contributed by atoms with van der Waals surface area (Å²) in [5, 5.41) is 10.1. The van der Waals surface area contributed by atoms with Gasteiger partial charge in [-0.2, -0.15) is 0 Å². The van der Waals surface area contributed by atoms with E-state index in [0.29, 0.717) is 18.1 Å². The van der Waals surface area contributed by atoms with Crippen molar-refractivity contribution >= 4 is 0 Å². The molecule has 1 aromatic rings. The van der Waals surface area contributed by atoms with E-state index in [4.69, 9.17) is 9.47 Å². The predicted molar refractivity (Wildman–Crippen MR) is 77.9 cm³/mol. The summed E-state index contributed by atoms with van der Waals surface area (Å²) in [6.45, 7) is 11.9. The Kier molecular flexibility index (Phi) is 5.64. The van der Waals surface area contributed by atoms with E-state index >= 15 is 0 Å². The molecule has 104 valence electrons. The minimum atomic E-state index is -0.734. The molecule has 0 bridgehead atoms. The molecule has 0 fully saturated rings. The van der Waals surface area contributed by atoms with Crippen LogP contribution in [0.25, 0.3) is 0 Å². The first-order valence-corrected chi connectivity index (χ1v) is 6.37. The Morgan fingerprint density at radius 3 is 2.47 bits per heavy atom. The highest BCUT2D eigenvalue weighted by atomic mass is 16.5. The second-order valence-corrected chi connectivity index (χ2v) is 4.24. The number of ether oxygens (including phenoxy) is 2. The van der Waals surface area contributed by atoms with Crippen molar-refractivity contribution in [3.63, 3.8) is 0 Å². The van der Waals surface area contributed by atoms with E-state index in [2.05, 4.69) is 13.2 Å². The molecule has 0 aliphatic rings. The highest BCUT2D eigenvalue weighted by Crippen LogP contribution is 2.41. The maximum absolute atomic E-state index is 10.1. The second kappa shape index (κ2) is 7.00. The molecule has 1 N–H and O–H groups in total. The molecule has 0 saturated heterocycles. The smallest absolute Gasteiger partial charge is 0.165 e. The van der Waals surface area contributed by atoms with Crippen molar-refractivity contribution in [2.24, 2.45) is 0 Å². The topological polar surface area (TPSA) is 38.7 Å². The Balaban J connectivity index is 3.52. The standard InChI is InChI=1S/C16H22O3/c1-6-11(4)15-12(13(17)7-2)9-10-14(18-5)16(15)19-8-3/h6-7,9-11,13,17H,1-2,8H2,3-5H3. The van der Waals surface area contributed by atoms with Gasteiger partial charge < -0.3 is 14.6 Å². The summed E-state index contributed by atoms with van der Waals surface area (Å²) in [4.78, 5) is 0. The van der Waals surface area contributed by atoms with Crippen molar-refractivity contribution in [1.29, 1.82) is 0 Å². The van der Waals surface area contributed by atoms with Gasteiger partial charge in [0.2, 0.25) is 0 Å². The second-order valence-electron chi connectivity index (χ2n) is 4.24. The number of aliphatic hydroxyl groups is 1. The fraction of sp³-hybridized carbons (Fsp3) is 0.375. The zero-order valence-electron chi connectivity index (χ0n) is 11.8. The van der Waals surface area contributed by atoms with Crippen molar-refractivity contribution in [2.75, 3.05) is 13.7 Å². The lowest BCUT2D eigenvalue weighted by atomic mass is 9.91. The van der Waals surface area contributed by atoms with Gasteiger partial charge in [-0.25, -0.2) is 0 Å².